The van der Waals surface area contributed by atoms with Gasteiger partial charge in [-0.1, -0.05) is 34.1 Å². The second-order valence-corrected chi connectivity index (χ2v) is 7.08. The summed E-state index contributed by atoms with van der Waals surface area (Å²) < 4.78 is 8.67. The first-order chi connectivity index (χ1) is 12.5. The number of fused-ring (bicyclic) bond motifs is 1. The van der Waals surface area contributed by atoms with E-state index in [1.165, 1.54) is 0 Å². The highest BCUT2D eigenvalue weighted by atomic mass is 79.9. The highest BCUT2D eigenvalue weighted by Crippen LogP contribution is 2.27. The lowest BCUT2D eigenvalue weighted by Crippen LogP contribution is -2.25. The van der Waals surface area contributed by atoms with E-state index < -0.39 is 0 Å². The van der Waals surface area contributed by atoms with Gasteiger partial charge >= 0.3 is 0 Å². The molecule has 0 aliphatic rings. The average Bonchev–Trinajstić information content (AvgIpc) is 2.90. The van der Waals surface area contributed by atoms with Gasteiger partial charge in [0.1, 0.15) is 5.75 Å². The summed E-state index contributed by atoms with van der Waals surface area (Å²) in [6, 6.07) is 12.0. The molecule has 1 heterocycles. The first-order valence-electron chi connectivity index (χ1n) is 8.21. The molecule has 0 bridgehead atoms. The molecule has 6 heteroatoms. The van der Waals surface area contributed by atoms with E-state index in [4.69, 9.17) is 4.74 Å². The van der Waals surface area contributed by atoms with Gasteiger partial charge in [-0.2, -0.15) is 5.10 Å². The number of carbonyl (C=O) groups is 1. The number of rotatable bonds is 5. The van der Waals surface area contributed by atoms with Crippen molar-refractivity contribution in [2.24, 2.45) is 12.1 Å². The van der Waals surface area contributed by atoms with Crippen molar-refractivity contribution in [1.82, 2.24) is 9.99 Å². The number of halogens is 1. The first-order valence-corrected chi connectivity index (χ1v) is 9.00. The molecule has 0 fully saturated rings. The van der Waals surface area contributed by atoms with Crippen molar-refractivity contribution < 1.29 is 9.53 Å². The third-order valence-electron chi connectivity index (χ3n) is 4.09. The fraction of sp³-hybridized carbons (Fsp3) is 0.200. The summed E-state index contributed by atoms with van der Waals surface area (Å²) in [6.45, 7) is 3.81. The number of para-hydroxylation sites is 1. The van der Waals surface area contributed by atoms with Crippen LogP contribution in [0.25, 0.3) is 10.9 Å². The van der Waals surface area contributed by atoms with E-state index in [-0.39, 0.29) is 12.5 Å². The molecular weight excluding hydrogens is 394 g/mol. The van der Waals surface area contributed by atoms with Crippen molar-refractivity contribution in [1.29, 1.82) is 0 Å². The topological polar surface area (TPSA) is 55.6 Å². The van der Waals surface area contributed by atoms with Gasteiger partial charge < -0.3 is 9.30 Å². The minimum absolute atomic E-state index is 0.0871. The van der Waals surface area contributed by atoms with E-state index >= 15 is 0 Å². The molecule has 0 saturated heterocycles. The van der Waals surface area contributed by atoms with E-state index in [1.807, 2.05) is 68.1 Å². The Bertz CT molecular complexity index is 969. The van der Waals surface area contributed by atoms with Crippen molar-refractivity contribution in [3.63, 3.8) is 0 Å². The maximum atomic E-state index is 12.0. The third kappa shape index (κ3) is 3.96. The van der Waals surface area contributed by atoms with Gasteiger partial charge in [-0.15, -0.1) is 0 Å². The molecule has 3 aromatic rings. The van der Waals surface area contributed by atoms with Crippen LogP contribution >= 0.6 is 15.9 Å². The van der Waals surface area contributed by atoms with Gasteiger partial charge in [-0.25, -0.2) is 5.43 Å². The minimum atomic E-state index is -0.303. The van der Waals surface area contributed by atoms with Crippen molar-refractivity contribution in [3.8, 4) is 5.75 Å². The predicted molar refractivity (Wildman–Crippen MR) is 108 cm³/mol. The summed E-state index contributed by atoms with van der Waals surface area (Å²) in [7, 11) is 1.98. The van der Waals surface area contributed by atoms with E-state index in [0.717, 1.165) is 37.8 Å². The average molecular weight is 414 g/mol. The SMILES string of the molecule is Cc1cc(Br)cc(C)c1OCC(=O)N/N=C\c1cn(C)c2ccccc12. The molecule has 0 saturated carbocycles. The molecule has 0 aliphatic carbocycles. The van der Waals surface area contributed by atoms with Crippen LogP contribution in [0, 0.1) is 13.8 Å². The Morgan fingerprint density at radius 1 is 1.27 bits per heavy atom. The van der Waals surface area contributed by atoms with E-state index in [9.17, 15) is 4.79 Å². The Labute approximate surface area is 160 Å². The highest BCUT2D eigenvalue weighted by molar-refractivity contribution is 9.10. The van der Waals surface area contributed by atoms with Crippen LogP contribution < -0.4 is 10.2 Å². The van der Waals surface area contributed by atoms with Gasteiger partial charge in [0, 0.05) is 34.2 Å². The molecule has 0 radical (unpaired) electrons. The van der Waals surface area contributed by atoms with Crippen LogP contribution in [-0.2, 0) is 11.8 Å². The highest BCUT2D eigenvalue weighted by Gasteiger charge is 2.08. The predicted octanol–water partition coefficient (Wildman–Crippen LogP) is 4.09. The lowest BCUT2D eigenvalue weighted by molar-refractivity contribution is -0.123. The van der Waals surface area contributed by atoms with Gasteiger partial charge in [-0.3, -0.25) is 4.79 Å². The summed E-state index contributed by atoms with van der Waals surface area (Å²) in [5.74, 6) is 0.421. The van der Waals surface area contributed by atoms with E-state index in [2.05, 4.69) is 26.5 Å². The lowest BCUT2D eigenvalue weighted by atomic mass is 10.1. The van der Waals surface area contributed by atoms with Crippen LogP contribution in [0.4, 0.5) is 0 Å². The van der Waals surface area contributed by atoms with Crippen LogP contribution in [0.1, 0.15) is 16.7 Å². The Balaban J connectivity index is 1.61. The van der Waals surface area contributed by atoms with Gasteiger partial charge in [0.05, 0.1) is 6.21 Å². The van der Waals surface area contributed by atoms with E-state index in [1.54, 1.807) is 6.21 Å². The number of nitrogens with zero attached hydrogens (tertiary/aromatic N) is 2. The number of hydrogen-bond acceptors (Lipinski definition) is 3. The number of hydrogen-bond donors (Lipinski definition) is 1. The fourth-order valence-corrected chi connectivity index (χ4v) is 3.63. The zero-order valence-electron chi connectivity index (χ0n) is 14.9. The summed E-state index contributed by atoms with van der Waals surface area (Å²) in [4.78, 5) is 12.0. The zero-order valence-corrected chi connectivity index (χ0v) is 16.5. The number of benzene rings is 2. The normalized spacial score (nSPS) is 11.2. The number of hydrazone groups is 1. The molecule has 0 atom stereocenters. The summed E-state index contributed by atoms with van der Waals surface area (Å²) >= 11 is 3.45. The minimum Gasteiger partial charge on any atom is -0.483 e. The van der Waals surface area contributed by atoms with Gasteiger partial charge in [0.2, 0.25) is 0 Å². The van der Waals surface area contributed by atoms with Gasteiger partial charge in [-0.05, 0) is 43.2 Å². The molecule has 0 aliphatic heterocycles. The lowest BCUT2D eigenvalue weighted by Gasteiger charge is -2.11. The zero-order chi connectivity index (χ0) is 18.7. The number of aryl methyl sites for hydroxylation is 3. The van der Waals surface area contributed by atoms with Crippen LogP contribution in [0.15, 0.2) is 52.2 Å². The molecule has 1 aromatic heterocycles. The van der Waals surface area contributed by atoms with Crippen molar-refractivity contribution in [2.75, 3.05) is 6.61 Å². The van der Waals surface area contributed by atoms with Crippen LogP contribution in [0.3, 0.4) is 0 Å². The first kappa shape index (κ1) is 18.2. The fourth-order valence-electron chi connectivity index (χ4n) is 2.94. The molecule has 134 valence electrons. The number of aromatic nitrogens is 1. The number of amides is 1. The van der Waals surface area contributed by atoms with E-state index in [0.29, 0.717) is 0 Å². The maximum absolute atomic E-state index is 12.0. The molecule has 2 aromatic carbocycles. The van der Waals surface area contributed by atoms with Gasteiger partial charge in [0.15, 0.2) is 6.61 Å². The summed E-state index contributed by atoms with van der Waals surface area (Å²) in [6.07, 6.45) is 3.63. The standard InChI is InChI=1S/C20H20BrN3O2/c1-13-8-16(21)9-14(2)20(13)26-12-19(25)23-22-10-15-11-24(3)18-7-5-4-6-17(15)18/h4-11H,12H2,1-3H3,(H,23,25)/b22-10-. The molecule has 1 amide bonds. The molecule has 3 rings (SSSR count). The monoisotopic (exact) mass is 413 g/mol. The Hall–Kier alpha value is -2.60. The number of nitrogens with one attached hydrogen (secondary N) is 1. The molecule has 5 nitrogen and oxygen atoms in total. The second kappa shape index (κ2) is 7.74. The summed E-state index contributed by atoms with van der Waals surface area (Å²) in [5, 5.41) is 5.14. The number of ether oxygens (including phenoxy) is 1. The quantitative estimate of drug-likeness (QED) is 0.505. The smallest absolute Gasteiger partial charge is 0.277 e. The van der Waals surface area contributed by atoms with Crippen molar-refractivity contribution in [3.05, 3.63) is 63.8 Å². The Kier molecular flexibility index (Phi) is 5.42. The Morgan fingerprint density at radius 3 is 2.69 bits per heavy atom. The molecule has 0 unspecified atom stereocenters. The molecule has 26 heavy (non-hydrogen) atoms. The van der Waals surface area contributed by atoms with Crippen molar-refractivity contribution >= 4 is 39.0 Å². The molecular formula is C20H20BrN3O2. The van der Waals surface area contributed by atoms with Crippen LogP contribution in [0.2, 0.25) is 0 Å². The van der Waals surface area contributed by atoms with Crippen molar-refractivity contribution in [2.45, 2.75) is 13.8 Å². The number of carbonyl (C=O) groups excluding carboxylic acids is 1. The summed E-state index contributed by atoms with van der Waals surface area (Å²) in [5.41, 5.74) is 6.53. The Morgan fingerprint density at radius 2 is 1.96 bits per heavy atom. The van der Waals surface area contributed by atoms with Crippen LogP contribution in [-0.4, -0.2) is 23.3 Å². The van der Waals surface area contributed by atoms with Crippen LogP contribution in [0.5, 0.6) is 5.75 Å². The second-order valence-electron chi connectivity index (χ2n) is 6.16. The maximum Gasteiger partial charge on any atom is 0.277 e. The molecule has 1 N–H and O–H groups in total. The third-order valence-corrected chi connectivity index (χ3v) is 4.55. The largest absolute Gasteiger partial charge is 0.483 e. The van der Waals surface area contributed by atoms with Gasteiger partial charge in [0.25, 0.3) is 5.91 Å². The molecule has 0 spiro atoms.